The van der Waals surface area contributed by atoms with Gasteiger partial charge in [-0.2, -0.15) is 13.2 Å². The van der Waals surface area contributed by atoms with Crippen molar-refractivity contribution in [3.8, 4) is 28.7 Å². The van der Waals surface area contributed by atoms with E-state index >= 15 is 0 Å². The first-order valence-corrected chi connectivity index (χ1v) is 33.1. The third-order valence-corrected chi connectivity index (χ3v) is 17.8. The van der Waals surface area contributed by atoms with Crippen LogP contribution >= 0.6 is 0 Å². The first-order valence-electron chi connectivity index (χ1n) is 33.1. The molecule has 10 aromatic rings. The van der Waals surface area contributed by atoms with Crippen LogP contribution < -0.4 is 14.2 Å². The number of hydrogen-bond acceptors (Lipinski definition) is 19. The monoisotopic (exact) mass is 1520 g/mol. The molecule has 0 saturated heterocycles. The number of hydrogen-bond donors (Lipinski definition) is 4. The molecule has 25 nitrogen and oxygen atoms in total. The maximum atomic E-state index is 14.6. The standard InChI is InChI=1S/2C16H21FN2O3.C15H14F3NO4.C15H16FNO4.C14H14FNO4/c1-10-11(8-16(21)22-4)12-7-15(20)13(17)9-14(12)19(10)6-5-18(2)3;1-10-11(9-14(21)22-4)15-12(5-6-13(20)16(15)17)19(10)8-7-18(2)3;1-7-9(6-12(21)22-3)13-10(19-7)4-5-11(23-8(2)20)14(13)15(16,17)18;1-8-10(7-13(19)20-4)14-11(17(8)3)5-6-12(15(14)16)21-9(2)18;1-7-9(5-14(18)19)10-4-13(20-8(2)17)11(15)6-12(10)16(7)3/h7,9,20H,5-6,8H2,1-4H3;5-6,20H,7-9H2,1-4H3;4-5,19H,6H2,1-3H3;5-6H,7H2,1-4H3;4,6H,5H2,1-3H3,(H,18,19). The predicted molar refractivity (Wildman–Crippen MR) is 385 cm³/mol. The molecule has 0 unspecified atom stereocenters. The Morgan fingerprint density at radius 2 is 0.880 bits per heavy atom. The number of halogens is 7. The second-order valence-electron chi connectivity index (χ2n) is 25.4. The number of likely N-dealkylation sites (N-methyl/N-ethyl adjacent to an activating group) is 2. The van der Waals surface area contributed by atoms with Gasteiger partial charge < -0.3 is 81.5 Å². The van der Waals surface area contributed by atoms with Gasteiger partial charge >= 0.3 is 53.9 Å². The van der Waals surface area contributed by atoms with Gasteiger partial charge in [-0.05, 0) is 139 Å². The number of alkyl halides is 3. The van der Waals surface area contributed by atoms with Gasteiger partial charge in [0.2, 0.25) is 0 Å². The molecule has 0 aliphatic rings. The Hall–Kier alpha value is -11.4. The van der Waals surface area contributed by atoms with E-state index < -0.39 is 94.0 Å². The van der Waals surface area contributed by atoms with Gasteiger partial charge in [0.1, 0.15) is 11.3 Å². The number of nitrogens with zero attached hydrogens (tertiary/aromatic N) is 6. The number of aromatic amines is 1. The normalized spacial score (nSPS) is 11.2. The van der Waals surface area contributed by atoms with Crippen LogP contribution in [0.4, 0.5) is 30.7 Å². The number of carbonyl (C=O) groups excluding carboxylic acids is 7. The zero-order valence-electron chi connectivity index (χ0n) is 62.9. The lowest BCUT2D eigenvalue weighted by molar-refractivity contribution is -0.142. The average molecular weight is 1520 g/mol. The van der Waals surface area contributed by atoms with E-state index in [4.69, 9.17) is 24.1 Å². The molecule has 0 aliphatic heterocycles. The number of fused-ring (bicyclic) bond motifs is 5. The van der Waals surface area contributed by atoms with E-state index in [1.165, 1.54) is 77.6 Å². The molecule has 5 heterocycles. The number of carbonyl (C=O) groups is 8. The Labute approximate surface area is 615 Å². The number of aliphatic carboxylic acids is 1. The smallest absolute Gasteiger partial charge is 0.420 e. The van der Waals surface area contributed by atoms with Crippen molar-refractivity contribution in [3.63, 3.8) is 0 Å². The quantitative estimate of drug-likeness (QED) is 0.0253. The second kappa shape index (κ2) is 36.3. The average Bonchev–Trinajstić information content (AvgIpc) is 1.30. The van der Waals surface area contributed by atoms with Crippen LogP contribution in [0.2, 0.25) is 0 Å². The van der Waals surface area contributed by atoms with E-state index in [0.29, 0.717) is 73.7 Å². The van der Waals surface area contributed by atoms with Crippen molar-refractivity contribution in [2.45, 2.75) is 107 Å². The lowest BCUT2D eigenvalue weighted by Gasteiger charge is -2.14. The van der Waals surface area contributed by atoms with Gasteiger partial charge in [-0.3, -0.25) is 38.4 Å². The summed E-state index contributed by atoms with van der Waals surface area (Å²) < 4.78 is 137. The van der Waals surface area contributed by atoms with Crippen LogP contribution in [0.5, 0.6) is 28.7 Å². The van der Waals surface area contributed by atoms with Crippen molar-refractivity contribution in [1.29, 1.82) is 0 Å². The van der Waals surface area contributed by atoms with E-state index in [1.807, 2.05) is 61.0 Å². The molecular weight excluding hydrogens is 1430 g/mol. The van der Waals surface area contributed by atoms with Crippen LogP contribution in [0, 0.1) is 57.9 Å². The number of esters is 7. The summed E-state index contributed by atoms with van der Waals surface area (Å²) in [7, 11) is 16.4. The van der Waals surface area contributed by atoms with E-state index in [0.717, 1.165) is 61.5 Å². The molecule has 582 valence electrons. The zero-order valence-corrected chi connectivity index (χ0v) is 62.9. The predicted octanol–water partition coefficient (Wildman–Crippen LogP) is 11.7. The van der Waals surface area contributed by atoms with Gasteiger partial charge in [0.15, 0.2) is 46.3 Å². The van der Waals surface area contributed by atoms with E-state index in [9.17, 15) is 79.3 Å². The van der Waals surface area contributed by atoms with E-state index in [-0.39, 0.29) is 71.4 Å². The number of aromatic nitrogens is 5. The number of phenolic OH excluding ortho intramolecular Hbond substituents is 2. The van der Waals surface area contributed by atoms with Gasteiger partial charge in [0, 0.05) is 134 Å². The Balaban J connectivity index is 0.000000211. The minimum absolute atomic E-state index is 0.0197. The van der Waals surface area contributed by atoms with Crippen molar-refractivity contribution in [3.05, 3.63) is 146 Å². The number of H-pyrrole nitrogens is 1. The summed E-state index contributed by atoms with van der Waals surface area (Å²) in [5.41, 5.74) is 7.85. The number of benzene rings is 5. The van der Waals surface area contributed by atoms with Gasteiger partial charge in [-0.15, -0.1) is 0 Å². The summed E-state index contributed by atoms with van der Waals surface area (Å²) in [6, 6.07) is 13.8. The van der Waals surface area contributed by atoms with Crippen LogP contribution in [0.3, 0.4) is 0 Å². The number of ether oxygens (including phenoxy) is 7. The highest BCUT2D eigenvalue weighted by atomic mass is 19.4. The van der Waals surface area contributed by atoms with Crippen LogP contribution in [-0.2, 0) is 123 Å². The lowest BCUT2D eigenvalue weighted by atomic mass is 10.0. The number of carboxylic acids is 1. The summed E-state index contributed by atoms with van der Waals surface area (Å²) in [5.74, 6) is -9.41. The number of phenols is 2. The molecule has 0 fully saturated rings. The van der Waals surface area contributed by atoms with Gasteiger partial charge in [-0.25, -0.2) is 17.6 Å². The maximum Gasteiger partial charge on any atom is 0.420 e. The molecule has 0 aliphatic carbocycles. The Kier molecular flexibility index (Phi) is 28.7. The summed E-state index contributed by atoms with van der Waals surface area (Å²) in [6.45, 7) is 15.2. The molecule has 0 atom stereocenters. The van der Waals surface area contributed by atoms with Crippen LogP contribution in [0.15, 0.2) is 60.7 Å². The molecule has 0 bridgehead atoms. The van der Waals surface area contributed by atoms with Crippen molar-refractivity contribution >= 4 is 102 Å². The van der Waals surface area contributed by atoms with Gasteiger partial charge in [-0.1, -0.05) is 0 Å². The molecule has 0 spiro atoms. The minimum Gasteiger partial charge on any atom is -0.505 e. The number of rotatable bonds is 19. The van der Waals surface area contributed by atoms with Crippen molar-refractivity contribution < 1.29 is 118 Å². The SMILES string of the molecule is CC(=O)Oc1cc2c(CC(=O)O)c(C)n(C)c2cc1F.COC(=O)Cc1c(C)[nH]c2ccc(OC(C)=O)c(C(F)(F)F)c12.COC(=O)Cc1c(C)n(C)c2ccc(OC(C)=O)c(F)c12.COC(=O)Cc1c(C)n(CCN(C)C)c2cc(F)c(O)cc12.COC(=O)Cc1c(C)n(CCN(C)C)c2ccc(O)c(F)c12. The summed E-state index contributed by atoms with van der Waals surface area (Å²) in [4.78, 5) is 97.1. The van der Waals surface area contributed by atoms with Gasteiger partial charge in [0.25, 0.3) is 0 Å². The number of methoxy groups -OCH3 is 4. The van der Waals surface area contributed by atoms with Crippen LogP contribution in [-0.4, -0.2) is 166 Å². The van der Waals surface area contributed by atoms with Crippen molar-refractivity contribution in [1.82, 2.24) is 33.1 Å². The topological polar surface area (TPSA) is 304 Å². The first kappa shape index (κ1) is 85.5. The summed E-state index contributed by atoms with van der Waals surface area (Å²) in [5, 5.41) is 29.9. The third kappa shape index (κ3) is 20.0. The fourth-order valence-corrected chi connectivity index (χ4v) is 12.2. The number of carboxylic acid groups (broad SMARTS) is 1. The molecule has 0 saturated carbocycles. The highest BCUT2D eigenvalue weighted by Crippen LogP contribution is 2.44. The molecule has 5 aromatic carbocycles. The third-order valence-electron chi connectivity index (χ3n) is 17.8. The lowest BCUT2D eigenvalue weighted by Crippen LogP contribution is -2.19. The highest BCUT2D eigenvalue weighted by molar-refractivity contribution is 5.96. The fourth-order valence-electron chi connectivity index (χ4n) is 12.2. The molecule has 5 aromatic heterocycles. The van der Waals surface area contributed by atoms with Crippen LogP contribution in [0.25, 0.3) is 54.5 Å². The van der Waals surface area contributed by atoms with Crippen molar-refractivity contribution in [2.75, 3.05) is 69.7 Å². The van der Waals surface area contributed by atoms with Gasteiger partial charge in [0.05, 0.1) is 82.6 Å². The largest absolute Gasteiger partial charge is 0.505 e. The second-order valence-corrected chi connectivity index (χ2v) is 25.4. The fraction of sp³-hybridized carbons (Fsp3) is 0.368. The molecule has 0 radical (unpaired) electrons. The number of aryl methyl sites for hydroxylation is 3. The van der Waals surface area contributed by atoms with E-state index in [2.05, 4.69) is 19.2 Å². The minimum atomic E-state index is -4.76. The highest BCUT2D eigenvalue weighted by Gasteiger charge is 2.39. The molecule has 4 N–H and O–H groups in total. The molecule has 10 rings (SSSR count). The zero-order chi connectivity index (χ0) is 81.0. The van der Waals surface area contributed by atoms with Crippen LogP contribution in [0.1, 0.15) is 82.6 Å². The Morgan fingerprint density at radius 3 is 1.39 bits per heavy atom. The number of aromatic hydroxyl groups is 2. The first-order chi connectivity index (χ1) is 50.5. The molecule has 32 heteroatoms. The summed E-state index contributed by atoms with van der Waals surface area (Å²) in [6.07, 6.45) is -5.22. The molecule has 108 heavy (non-hydrogen) atoms. The maximum absolute atomic E-state index is 14.6. The number of nitrogens with one attached hydrogen (secondary N) is 1. The van der Waals surface area contributed by atoms with Crippen molar-refractivity contribution in [2.24, 2.45) is 14.1 Å². The Morgan fingerprint density at radius 1 is 0.463 bits per heavy atom. The summed E-state index contributed by atoms with van der Waals surface area (Å²) >= 11 is 0. The molecular formula is C76H86F7N7O18. The molecule has 0 amide bonds. The van der Waals surface area contributed by atoms with E-state index in [1.54, 1.807) is 56.1 Å². The Bertz CT molecular complexity index is 5080.